The molecule has 1 nitrogen and oxygen atoms in total. The third-order valence-electron chi connectivity index (χ3n) is 0.382. The van der Waals surface area contributed by atoms with E-state index in [9.17, 15) is 0 Å². The van der Waals surface area contributed by atoms with E-state index in [-0.39, 0.29) is 0 Å². The molecule has 0 N–H and O–H groups in total. The van der Waals surface area contributed by atoms with Crippen LogP contribution in [0.2, 0.25) is 0 Å². The van der Waals surface area contributed by atoms with E-state index in [2.05, 4.69) is 21.2 Å². The molecule has 0 saturated carbocycles. The van der Waals surface area contributed by atoms with Gasteiger partial charge in [-0.05, 0) is 21.2 Å². The molecule has 0 amide bonds. The zero-order valence-corrected chi connectivity index (χ0v) is 7.42. The summed E-state index contributed by atoms with van der Waals surface area (Å²) in [5.41, 5.74) is 0. The minimum absolute atomic E-state index is 0.317. The van der Waals surface area contributed by atoms with E-state index in [4.69, 9.17) is 16.3 Å². The first kappa shape index (κ1) is 8.33. The number of rotatable bonds is 4. The molecule has 0 heterocycles. The van der Waals surface area contributed by atoms with Gasteiger partial charge >= 0.3 is 0 Å². The van der Waals surface area contributed by atoms with Crippen molar-refractivity contribution in [3.05, 3.63) is 0 Å². The summed E-state index contributed by atoms with van der Waals surface area (Å²) >= 11 is 7.42. The van der Waals surface area contributed by atoms with Crippen LogP contribution < -0.4 is 0 Å². The van der Waals surface area contributed by atoms with Gasteiger partial charge in [0.2, 0.25) is 0 Å². The summed E-state index contributed by atoms with van der Waals surface area (Å²) in [5.74, 6) is 1.02. The minimum Gasteiger partial charge on any atom is -0.365 e. The summed E-state index contributed by atoms with van der Waals surface area (Å²) < 4.78 is 4.81. The zero-order chi connectivity index (χ0) is 5.54. The van der Waals surface area contributed by atoms with Gasteiger partial charge in [-0.1, -0.05) is 20.5 Å². The van der Waals surface area contributed by atoms with E-state index in [0.29, 0.717) is 6.07 Å². The molecule has 0 aromatic carbocycles. The summed E-state index contributed by atoms with van der Waals surface area (Å²) in [6, 6.07) is 0.317. The molecule has 0 aliphatic carbocycles. The molecule has 0 aromatic heterocycles. The lowest BCUT2D eigenvalue weighted by Gasteiger charge is -1.92. The maximum Gasteiger partial charge on any atom is 0.120 e. The lowest BCUT2D eigenvalue weighted by atomic mass is 10.9. The predicted octanol–water partition coefficient (Wildman–Crippen LogP) is 2.28. The van der Waals surface area contributed by atoms with Crippen LogP contribution in [0.25, 0.3) is 0 Å². The molecule has 0 spiro atoms. The Morgan fingerprint density at radius 2 is 2.43 bits per heavy atom. The van der Waals surface area contributed by atoms with Gasteiger partial charge in [0.15, 0.2) is 0 Å². The van der Waals surface area contributed by atoms with Gasteiger partial charge in [0.1, 0.15) is 6.07 Å². The number of ether oxygens (including phenoxy) is 1. The van der Waals surface area contributed by atoms with Gasteiger partial charge in [0.05, 0.1) is 6.61 Å². The molecule has 0 bridgehead atoms. The predicted molar refractivity (Wildman–Crippen MR) is 43.2 cm³/mol. The summed E-state index contributed by atoms with van der Waals surface area (Å²) in [4.78, 5) is 0. The average molecular weight is 253 g/mol. The van der Waals surface area contributed by atoms with Crippen LogP contribution in [0.5, 0.6) is 0 Å². The maximum atomic E-state index is 5.20. The summed E-state index contributed by atoms with van der Waals surface area (Å²) in [5, 5.41) is 0. The molecular formula is C3H6ClIOS. The van der Waals surface area contributed by atoms with Crippen LogP contribution in [0.15, 0.2) is 0 Å². The van der Waals surface area contributed by atoms with Crippen LogP contribution in [0.4, 0.5) is 0 Å². The number of hydrogen-bond acceptors (Lipinski definition) is 2. The Hall–Kier alpha value is 1.33. The molecule has 4 heteroatoms. The Bertz CT molecular complexity index is 34.1. The number of hydrogen-bond donors (Lipinski definition) is 0. The SMILES string of the molecule is ClCOCCSI. The van der Waals surface area contributed by atoms with Crippen molar-refractivity contribution in [1.82, 2.24) is 0 Å². The van der Waals surface area contributed by atoms with Crippen molar-refractivity contribution in [2.75, 3.05) is 18.4 Å². The number of halogens is 2. The standard InChI is InChI=1S/C3H6ClIOS/c4-3-6-1-2-7-5/h1-3H2. The molecule has 0 aliphatic heterocycles. The normalized spacial score (nSPS) is 9.43. The molecule has 44 valence electrons. The fourth-order valence-electron chi connectivity index (χ4n) is 0.145. The Labute approximate surface area is 64.7 Å². The van der Waals surface area contributed by atoms with Gasteiger partial charge in [-0.15, -0.1) is 0 Å². The second-order valence-corrected chi connectivity index (χ2v) is 3.54. The van der Waals surface area contributed by atoms with Crippen molar-refractivity contribution in [2.24, 2.45) is 0 Å². The highest BCUT2D eigenvalue weighted by Crippen LogP contribution is 2.08. The monoisotopic (exact) mass is 252 g/mol. The largest absolute Gasteiger partial charge is 0.365 e. The minimum atomic E-state index is 0.317. The Morgan fingerprint density at radius 1 is 1.71 bits per heavy atom. The third-order valence-corrected chi connectivity index (χ3v) is 2.18. The highest BCUT2D eigenvalue weighted by molar-refractivity contribution is 14.2. The number of alkyl halides is 1. The van der Waals surface area contributed by atoms with Crippen molar-refractivity contribution in [1.29, 1.82) is 0 Å². The zero-order valence-electron chi connectivity index (χ0n) is 3.69. The molecule has 0 aliphatic rings. The van der Waals surface area contributed by atoms with Crippen LogP contribution in [0.3, 0.4) is 0 Å². The average Bonchev–Trinajstić information content (AvgIpc) is 1.69. The summed E-state index contributed by atoms with van der Waals surface area (Å²) in [6.45, 7) is 0.761. The molecule has 7 heavy (non-hydrogen) atoms. The highest BCUT2D eigenvalue weighted by atomic mass is 127. The molecular weight excluding hydrogens is 246 g/mol. The molecule has 0 radical (unpaired) electrons. The van der Waals surface area contributed by atoms with E-state index in [1.807, 2.05) is 0 Å². The van der Waals surface area contributed by atoms with Gasteiger partial charge in [0.25, 0.3) is 0 Å². The van der Waals surface area contributed by atoms with E-state index < -0.39 is 0 Å². The molecule has 0 saturated heterocycles. The van der Waals surface area contributed by atoms with Crippen LogP contribution in [0.1, 0.15) is 0 Å². The van der Waals surface area contributed by atoms with E-state index in [1.165, 1.54) is 0 Å². The van der Waals surface area contributed by atoms with Crippen LogP contribution >= 0.6 is 41.7 Å². The lowest BCUT2D eigenvalue weighted by molar-refractivity contribution is 0.198. The smallest absolute Gasteiger partial charge is 0.120 e. The van der Waals surface area contributed by atoms with Crippen LogP contribution in [-0.2, 0) is 4.74 Å². The molecule has 0 fully saturated rings. The van der Waals surface area contributed by atoms with Gasteiger partial charge in [-0.25, -0.2) is 0 Å². The molecule has 0 unspecified atom stereocenters. The fraction of sp³-hybridized carbons (Fsp3) is 1.00. The lowest BCUT2D eigenvalue weighted by Crippen LogP contribution is -1.91. The van der Waals surface area contributed by atoms with Crippen molar-refractivity contribution in [3.63, 3.8) is 0 Å². The fourth-order valence-corrected chi connectivity index (χ4v) is 0.974. The Kier molecular flexibility index (Phi) is 8.72. The van der Waals surface area contributed by atoms with Crippen molar-refractivity contribution < 1.29 is 4.74 Å². The van der Waals surface area contributed by atoms with Crippen LogP contribution in [-0.4, -0.2) is 18.4 Å². The second-order valence-electron chi connectivity index (χ2n) is 0.831. The Balaban J connectivity index is 2.45. The second kappa shape index (κ2) is 7.33. The maximum absolute atomic E-state index is 5.20. The first-order valence-electron chi connectivity index (χ1n) is 1.79. The molecule has 0 atom stereocenters. The van der Waals surface area contributed by atoms with Crippen molar-refractivity contribution in [2.45, 2.75) is 0 Å². The summed E-state index contributed by atoms with van der Waals surface area (Å²) in [7, 11) is 1.73. The van der Waals surface area contributed by atoms with Gasteiger partial charge in [-0.3, -0.25) is 0 Å². The molecule has 0 rings (SSSR count). The van der Waals surface area contributed by atoms with Crippen molar-refractivity contribution in [3.8, 4) is 0 Å². The van der Waals surface area contributed by atoms with E-state index >= 15 is 0 Å². The van der Waals surface area contributed by atoms with E-state index in [0.717, 1.165) is 12.4 Å². The Morgan fingerprint density at radius 3 is 2.86 bits per heavy atom. The van der Waals surface area contributed by atoms with E-state index in [1.54, 1.807) is 8.93 Å². The quantitative estimate of drug-likeness (QED) is 0.431. The molecule has 0 aromatic rings. The first-order chi connectivity index (χ1) is 3.41. The third kappa shape index (κ3) is 7.33. The van der Waals surface area contributed by atoms with Crippen molar-refractivity contribution >= 4 is 41.7 Å². The highest BCUT2D eigenvalue weighted by Gasteiger charge is 1.81. The summed E-state index contributed by atoms with van der Waals surface area (Å²) in [6.07, 6.45) is 0. The van der Waals surface area contributed by atoms with Gasteiger partial charge in [-0.2, -0.15) is 0 Å². The first-order valence-corrected chi connectivity index (χ1v) is 5.85. The van der Waals surface area contributed by atoms with Gasteiger partial charge < -0.3 is 4.74 Å². The van der Waals surface area contributed by atoms with Crippen LogP contribution in [0, 0.1) is 0 Å². The topological polar surface area (TPSA) is 9.23 Å². The van der Waals surface area contributed by atoms with Gasteiger partial charge in [0, 0.05) is 5.75 Å².